The number of fused-ring (bicyclic) bond motifs is 1. The summed E-state index contributed by atoms with van der Waals surface area (Å²) >= 11 is 5.87. The molecule has 0 radical (unpaired) electrons. The fourth-order valence-electron chi connectivity index (χ4n) is 2.48. The third-order valence-electron chi connectivity index (χ3n) is 3.42. The molecular formula is C14H15NOS2. The summed E-state index contributed by atoms with van der Waals surface area (Å²) in [6, 6.07) is 7.74. The molecule has 1 aliphatic rings. The molecular weight excluding hydrogens is 262 g/mol. The molecule has 2 nitrogen and oxygen atoms in total. The summed E-state index contributed by atoms with van der Waals surface area (Å²) in [6.07, 6.45) is 3.86. The topological polar surface area (TPSA) is 20.3 Å². The summed E-state index contributed by atoms with van der Waals surface area (Å²) in [5, 5.41) is 0.804. The Morgan fingerprint density at radius 2 is 1.89 bits per heavy atom. The summed E-state index contributed by atoms with van der Waals surface area (Å²) in [5.74, 6) is 0. The van der Waals surface area contributed by atoms with Gasteiger partial charge in [-0.1, -0.05) is 0 Å². The molecule has 1 aliphatic heterocycles. The minimum Gasteiger partial charge on any atom is -0.371 e. The predicted molar refractivity (Wildman–Crippen MR) is 81.4 cm³/mol. The highest BCUT2D eigenvalue weighted by molar-refractivity contribution is 7.83. The van der Waals surface area contributed by atoms with E-state index in [0.29, 0.717) is 0 Å². The van der Waals surface area contributed by atoms with E-state index in [2.05, 4.69) is 29.7 Å². The number of hydrogen-bond donors (Lipinski definition) is 1. The van der Waals surface area contributed by atoms with Crippen molar-refractivity contribution in [3.8, 4) is 0 Å². The van der Waals surface area contributed by atoms with Crippen molar-refractivity contribution in [2.45, 2.75) is 23.5 Å². The first-order valence-corrected chi connectivity index (χ1v) is 7.52. The van der Waals surface area contributed by atoms with Crippen LogP contribution in [0, 0.1) is 0 Å². The molecule has 0 unspecified atom stereocenters. The van der Waals surface area contributed by atoms with Gasteiger partial charge < -0.3 is 4.90 Å². The van der Waals surface area contributed by atoms with E-state index >= 15 is 0 Å². The van der Waals surface area contributed by atoms with E-state index in [1.165, 1.54) is 24.9 Å². The molecule has 0 N–H and O–H groups in total. The third kappa shape index (κ3) is 2.27. The third-order valence-corrected chi connectivity index (χ3v) is 4.71. The Hall–Kier alpha value is -1.00. The lowest BCUT2D eigenvalue weighted by atomic mass is 10.1. The highest BCUT2D eigenvalue weighted by atomic mass is 32.2. The van der Waals surface area contributed by atoms with Crippen molar-refractivity contribution in [3.05, 3.63) is 34.5 Å². The Kier molecular flexibility index (Phi) is 3.31. The zero-order valence-electron chi connectivity index (χ0n) is 10.1. The van der Waals surface area contributed by atoms with Crippen LogP contribution in [0.5, 0.6) is 0 Å². The molecule has 94 valence electrons. The van der Waals surface area contributed by atoms with Gasteiger partial charge in [0.1, 0.15) is 0 Å². The first kappa shape index (κ1) is 12.1. The molecule has 0 saturated carbocycles. The van der Waals surface area contributed by atoms with Gasteiger partial charge in [0.05, 0.1) is 4.21 Å². The number of nitrogens with zero attached hydrogens (tertiary/aromatic N) is 1. The van der Waals surface area contributed by atoms with Gasteiger partial charge >= 0.3 is 0 Å². The van der Waals surface area contributed by atoms with E-state index in [1.54, 1.807) is 17.4 Å². The molecule has 1 fully saturated rings. The van der Waals surface area contributed by atoms with E-state index in [9.17, 15) is 4.79 Å². The average molecular weight is 277 g/mol. The molecule has 0 aliphatic carbocycles. The first-order chi connectivity index (χ1) is 8.74. The fraction of sp³-hybridized carbons (Fsp3) is 0.357. The second-order valence-electron chi connectivity index (χ2n) is 4.68. The van der Waals surface area contributed by atoms with Crippen LogP contribution in [0.2, 0.25) is 0 Å². The van der Waals surface area contributed by atoms with Gasteiger partial charge in [0.15, 0.2) is 5.43 Å². The van der Waals surface area contributed by atoms with Crippen LogP contribution in [0.1, 0.15) is 19.3 Å². The predicted octanol–water partition coefficient (Wildman–Crippen LogP) is 3.54. The minimum atomic E-state index is 0.0685. The first-order valence-electron chi connectivity index (χ1n) is 6.26. The molecule has 18 heavy (non-hydrogen) atoms. The normalized spacial score (nSPS) is 16.2. The van der Waals surface area contributed by atoms with Gasteiger partial charge in [-0.05, 0) is 37.5 Å². The highest BCUT2D eigenvalue weighted by Crippen LogP contribution is 2.27. The number of benzene rings is 1. The van der Waals surface area contributed by atoms with Crippen molar-refractivity contribution in [1.82, 2.24) is 0 Å². The molecule has 0 amide bonds. The molecule has 0 atom stereocenters. The summed E-state index contributed by atoms with van der Waals surface area (Å²) in [6.45, 7) is 2.25. The zero-order valence-corrected chi connectivity index (χ0v) is 11.8. The molecule has 1 aromatic carbocycles. The maximum absolute atomic E-state index is 11.8. The average Bonchev–Trinajstić information content (AvgIpc) is 2.39. The summed E-state index contributed by atoms with van der Waals surface area (Å²) < 4.78 is 1.82. The van der Waals surface area contributed by atoms with Crippen molar-refractivity contribution in [2.75, 3.05) is 18.0 Å². The van der Waals surface area contributed by atoms with Crippen molar-refractivity contribution < 1.29 is 0 Å². The minimum absolute atomic E-state index is 0.0685. The van der Waals surface area contributed by atoms with Crippen molar-refractivity contribution in [1.29, 1.82) is 0 Å². The summed E-state index contributed by atoms with van der Waals surface area (Å²) in [4.78, 5) is 14.2. The lowest BCUT2D eigenvalue weighted by molar-refractivity contribution is 0.578. The Labute approximate surface area is 116 Å². The number of piperidine rings is 1. The smallest absolute Gasteiger partial charge is 0.189 e. The molecule has 1 aromatic heterocycles. The van der Waals surface area contributed by atoms with Gasteiger partial charge in [-0.15, -0.1) is 24.0 Å². The van der Waals surface area contributed by atoms with E-state index in [-0.39, 0.29) is 5.43 Å². The Morgan fingerprint density at radius 3 is 2.67 bits per heavy atom. The maximum Gasteiger partial charge on any atom is 0.189 e. The quantitative estimate of drug-likeness (QED) is 0.805. The largest absolute Gasteiger partial charge is 0.371 e. The van der Waals surface area contributed by atoms with Gasteiger partial charge in [0.2, 0.25) is 0 Å². The van der Waals surface area contributed by atoms with Crippen molar-refractivity contribution in [3.63, 3.8) is 0 Å². The van der Waals surface area contributed by atoms with E-state index < -0.39 is 0 Å². The molecule has 0 bridgehead atoms. The molecule has 4 heteroatoms. The molecule has 2 heterocycles. The molecule has 0 spiro atoms. The second-order valence-corrected chi connectivity index (χ2v) is 6.55. The number of hydrogen-bond acceptors (Lipinski definition) is 4. The van der Waals surface area contributed by atoms with Crippen LogP contribution in [0.4, 0.5) is 5.69 Å². The summed E-state index contributed by atoms with van der Waals surface area (Å²) in [5.41, 5.74) is 1.30. The second kappa shape index (κ2) is 4.94. The number of anilines is 1. The van der Waals surface area contributed by atoms with Gasteiger partial charge in [-0.2, -0.15) is 0 Å². The zero-order chi connectivity index (χ0) is 12.5. The Bertz CT molecular complexity index is 629. The molecule has 3 rings (SSSR count). The van der Waals surface area contributed by atoms with Crippen LogP contribution in [0.15, 0.2) is 33.3 Å². The van der Waals surface area contributed by atoms with Crippen LogP contribution >= 0.6 is 24.0 Å². The van der Waals surface area contributed by atoms with Crippen molar-refractivity contribution in [2.24, 2.45) is 0 Å². The SMILES string of the molecule is O=c1cc(S)sc2cc(N3CCCCC3)ccc12. The highest BCUT2D eigenvalue weighted by Gasteiger charge is 2.12. The fourth-order valence-corrected chi connectivity index (χ4v) is 3.74. The van der Waals surface area contributed by atoms with E-state index in [0.717, 1.165) is 27.4 Å². The standard InChI is InChI=1S/C14H15NOS2/c16-12-9-14(17)18-13-8-10(4-5-11(12)13)15-6-2-1-3-7-15/h4-5,8-9,17H,1-3,6-7H2. The monoisotopic (exact) mass is 277 g/mol. The van der Waals surface area contributed by atoms with Crippen LogP contribution in [-0.2, 0) is 0 Å². The van der Waals surface area contributed by atoms with Gasteiger partial charge in [-0.25, -0.2) is 0 Å². The van der Waals surface area contributed by atoms with Gasteiger partial charge in [0, 0.05) is 34.9 Å². The van der Waals surface area contributed by atoms with E-state index in [4.69, 9.17) is 0 Å². The van der Waals surface area contributed by atoms with Crippen LogP contribution < -0.4 is 10.3 Å². The number of thiol groups is 1. The van der Waals surface area contributed by atoms with Gasteiger partial charge in [-0.3, -0.25) is 4.79 Å². The van der Waals surface area contributed by atoms with Crippen LogP contribution in [0.25, 0.3) is 10.1 Å². The Balaban J connectivity index is 2.07. The lowest BCUT2D eigenvalue weighted by Gasteiger charge is -2.28. The van der Waals surface area contributed by atoms with Crippen molar-refractivity contribution >= 4 is 39.7 Å². The maximum atomic E-state index is 11.8. The Morgan fingerprint density at radius 1 is 1.11 bits per heavy atom. The molecule has 1 saturated heterocycles. The lowest BCUT2D eigenvalue weighted by Crippen LogP contribution is -2.29. The summed E-state index contributed by atoms with van der Waals surface area (Å²) in [7, 11) is 0. The van der Waals surface area contributed by atoms with Crippen LogP contribution in [0.3, 0.4) is 0 Å². The van der Waals surface area contributed by atoms with E-state index in [1.807, 2.05) is 6.07 Å². The van der Waals surface area contributed by atoms with Crippen LogP contribution in [-0.4, -0.2) is 13.1 Å². The molecule has 2 aromatic rings. The number of rotatable bonds is 1. The van der Waals surface area contributed by atoms with Gasteiger partial charge in [0.25, 0.3) is 0 Å².